The Morgan fingerprint density at radius 3 is 2.38 bits per heavy atom. The molecule has 0 atom stereocenters. The molecule has 6 heteroatoms. The van der Waals surface area contributed by atoms with Crippen molar-refractivity contribution < 1.29 is 17.6 Å². The topological polar surface area (TPSA) is 12.0 Å². The summed E-state index contributed by atoms with van der Waals surface area (Å²) in [6.07, 6.45) is -4.41. The molecule has 0 saturated carbocycles. The summed E-state index contributed by atoms with van der Waals surface area (Å²) in [5.74, 6) is -0.414. The van der Waals surface area contributed by atoms with Gasteiger partial charge in [0.25, 0.3) is 0 Å². The van der Waals surface area contributed by atoms with E-state index in [2.05, 4.69) is 5.32 Å². The first kappa shape index (κ1) is 15.9. The van der Waals surface area contributed by atoms with Crippen LogP contribution in [0.4, 0.5) is 17.6 Å². The van der Waals surface area contributed by atoms with Crippen molar-refractivity contribution in [2.24, 2.45) is 0 Å². The van der Waals surface area contributed by atoms with Gasteiger partial charge in [-0.05, 0) is 42.9 Å². The van der Waals surface area contributed by atoms with E-state index >= 15 is 0 Å². The lowest BCUT2D eigenvalue weighted by Gasteiger charge is -2.14. The summed E-state index contributed by atoms with van der Waals surface area (Å²) in [5, 5.41) is 2.72. The van der Waals surface area contributed by atoms with Gasteiger partial charge < -0.3 is 5.32 Å². The van der Waals surface area contributed by atoms with Crippen molar-refractivity contribution in [2.75, 3.05) is 7.05 Å². The van der Waals surface area contributed by atoms with Gasteiger partial charge in [0, 0.05) is 16.3 Å². The Kier molecular flexibility index (Phi) is 4.90. The molecule has 0 heterocycles. The van der Waals surface area contributed by atoms with E-state index in [1.807, 2.05) is 0 Å². The van der Waals surface area contributed by atoms with Gasteiger partial charge in [0.05, 0.1) is 5.56 Å². The third-order valence-corrected chi connectivity index (χ3v) is 3.77. The van der Waals surface area contributed by atoms with Gasteiger partial charge in [-0.25, -0.2) is 4.39 Å². The molecular formula is C15H13F4NS. The highest BCUT2D eigenvalue weighted by atomic mass is 32.2. The average molecular weight is 315 g/mol. The molecule has 112 valence electrons. The Labute approximate surface area is 124 Å². The van der Waals surface area contributed by atoms with Gasteiger partial charge in [0.1, 0.15) is 5.82 Å². The maximum Gasteiger partial charge on any atom is 0.416 e. The fourth-order valence-corrected chi connectivity index (χ4v) is 2.80. The lowest BCUT2D eigenvalue weighted by atomic mass is 10.1. The standard InChI is InChI=1S/C15H13F4NS/c1-20-9-10-5-6-13(8-14(10)15(17,18)19)21-12-4-2-3-11(16)7-12/h2-8,20H,9H2,1H3. The zero-order valence-corrected chi connectivity index (χ0v) is 12.0. The number of hydrogen-bond acceptors (Lipinski definition) is 2. The Morgan fingerprint density at radius 1 is 1.05 bits per heavy atom. The van der Waals surface area contributed by atoms with E-state index in [9.17, 15) is 17.6 Å². The molecule has 2 rings (SSSR count). The molecule has 0 aliphatic rings. The summed E-state index contributed by atoms with van der Waals surface area (Å²) in [4.78, 5) is 0.984. The van der Waals surface area contributed by atoms with Gasteiger partial charge in [-0.3, -0.25) is 0 Å². The lowest BCUT2D eigenvalue weighted by Crippen LogP contribution is -2.14. The highest BCUT2D eigenvalue weighted by molar-refractivity contribution is 7.99. The molecule has 2 aromatic rings. The second-order valence-corrected chi connectivity index (χ2v) is 5.55. The Bertz CT molecular complexity index is 625. The van der Waals surface area contributed by atoms with Crippen molar-refractivity contribution in [1.82, 2.24) is 5.32 Å². The normalized spacial score (nSPS) is 11.7. The number of hydrogen-bond donors (Lipinski definition) is 1. The quantitative estimate of drug-likeness (QED) is 0.820. The molecule has 1 N–H and O–H groups in total. The third kappa shape index (κ3) is 4.22. The van der Waals surface area contributed by atoms with Crippen molar-refractivity contribution >= 4 is 11.8 Å². The van der Waals surface area contributed by atoms with Gasteiger partial charge in [-0.1, -0.05) is 23.9 Å². The second kappa shape index (κ2) is 6.49. The number of benzene rings is 2. The van der Waals surface area contributed by atoms with Gasteiger partial charge in [-0.2, -0.15) is 13.2 Å². The Morgan fingerprint density at radius 2 is 1.76 bits per heavy atom. The van der Waals surface area contributed by atoms with Gasteiger partial charge in [0.15, 0.2) is 0 Å². The molecule has 0 bridgehead atoms. The van der Waals surface area contributed by atoms with Crippen molar-refractivity contribution in [1.29, 1.82) is 0 Å². The molecule has 0 radical (unpaired) electrons. The molecule has 0 saturated heterocycles. The zero-order chi connectivity index (χ0) is 15.5. The molecule has 0 fully saturated rings. The van der Waals surface area contributed by atoms with Crippen LogP contribution in [0.15, 0.2) is 52.3 Å². The minimum Gasteiger partial charge on any atom is -0.316 e. The number of nitrogens with one attached hydrogen (secondary N) is 1. The average Bonchev–Trinajstić information content (AvgIpc) is 2.39. The van der Waals surface area contributed by atoms with Crippen LogP contribution in [0.5, 0.6) is 0 Å². The van der Waals surface area contributed by atoms with Crippen LogP contribution >= 0.6 is 11.8 Å². The number of alkyl halides is 3. The maximum atomic E-state index is 13.1. The zero-order valence-electron chi connectivity index (χ0n) is 11.2. The summed E-state index contributed by atoms with van der Waals surface area (Å²) in [5.41, 5.74) is -0.480. The van der Waals surface area contributed by atoms with Crippen molar-refractivity contribution in [3.63, 3.8) is 0 Å². The fourth-order valence-electron chi connectivity index (χ4n) is 1.89. The summed E-state index contributed by atoms with van der Waals surface area (Å²) in [6.45, 7) is 0.139. The van der Waals surface area contributed by atoms with Crippen LogP contribution in [-0.2, 0) is 12.7 Å². The van der Waals surface area contributed by atoms with E-state index in [1.54, 1.807) is 19.2 Å². The first-order chi connectivity index (χ1) is 9.90. The monoisotopic (exact) mass is 315 g/mol. The molecule has 0 amide bonds. The minimum atomic E-state index is -4.41. The largest absolute Gasteiger partial charge is 0.416 e. The molecular weight excluding hydrogens is 302 g/mol. The Hall–Kier alpha value is -1.53. The Balaban J connectivity index is 2.33. The highest BCUT2D eigenvalue weighted by Gasteiger charge is 2.33. The second-order valence-electron chi connectivity index (χ2n) is 4.41. The number of halogens is 4. The van der Waals surface area contributed by atoms with Crippen LogP contribution in [0, 0.1) is 5.82 Å². The van der Waals surface area contributed by atoms with Gasteiger partial charge in [-0.15, -0.1) is 0 Å². The van der Waals surface area contributed by atoms with Crippen LogP contribution < -0.4 is 5.32 Å². The van der Waals surface area contributed by atoms with E-state index in [4.69, 9.17) is 0 Å². The molecule has 0 spiro atoms. The van der Waals surface area contributed by atoms with Crippen molar-refractivity contribution in [3.8, 4) is 0 Å². The van der Waals surface area contributed by atoms with Crippen molar-refractivity contribution in [2.45, 2.75) is 22.5 Å². The van der Waals surface area contributed by atoms with Crippen LogP contribution in [0.1, 0.15) is 11.1 Å². The first-order valence-corrected chi connectivity index (χ1v) is 7.00. The van der Waals surface area contributed by atoms with Crippen LogP contribution in [0.3, 0.4) is 0 Å². The van der Waals surface area contributed by atoms with E-state index < -0.39 is 17.6 Å². The van der Waals surface area contributed by atoms with Crippen LogP contribution in [0.25, 0.3) is 0 Å². The van der Waals surface area contributed by atoms with Crippen LogP contribution in [-0.4, -0.2) is 7.05 Å². The van der Waals surface area contributed by atoms with Crippen molar-refractivity contribution in [3.05, 3.63) is 59.4 Å². The highest BCUT2D eigenvalue weighted by Crippen LogP contribution is 2.36. The third-order valence-electron chi connectivity index (χ3n) is 2.79. The smallest absolute Gasteiger partial charge is 0.316 e. The van der Waals surface area contributed by atoms with E-state index in [-0.39, 0.29) is 12.1 Å². The summed E-state index contributed by atoms with van der Waals surface area (Å²) in [6, 6.07) is 9.92. The predicted molar refractivity (Wildman–Crippen MR) is 74.7 cm³/mol. The predicted octanol–water partition coefficient (Wildman–Crippen LogP) is 4.72. The van der Waals surface area contributed by atoms with Gasteiger partial charge >= 0.3 is 6.18 Å². The minimum absolute atomic E-state index is 0.139. The summed E-state index contributed by atoms with van der Waals surface area (Å²) in [7, 11) is 1.59. The van der Waals surface area contributed by atoms with Crippen LogP contribution in [0.2, 0.25) is 0 Å². The van der Waals surface area contributed by atoms with Gasteiger partial charge in [0.2, 0.25) is 0 Å². The molecule has 21 heavy (non-hydrogen) atoms. The van der Waals surface area contributed by atoms with E-state index in [0.29, 0.717) is 9.79 Å². The summed E-state index contributed by atoms with van der Waals surface area (Å²) >= 11 is 1.10. The molecule has 2 aromatic carbocycles. The van der Waals surface area contributed by atoms with E-state index in [1.165, 1.54) is 24.3 Å². The summed E-state index contributed by atoms with van der Waals surface area (Å²) < 4.78 is 52.3. The lowest BCUT2D eigenvalue weighted by molar-refractivity contribution is -0.138. The molecule has 0 aromatic heterocycles. The maximum absolute atomic E-state index is 13.1. The molecule has 0 unspecified atom stereocenters. The fraction of sp³-hybridized carbons (Fsp3) is 0.200. The SMILES string of the molecule is CNCc1ccc(Sc2cccc(F)c2)cc1C(F)(F)F. The number of rotatable bonds is 4. The molecule has 1 nitrogen and oxygen atoms in total. The first-order valence-electron chi connectivity index (χ1n) is 6.18. The van der Waals surface area contributed by atoms with E-state index in [0.717, 1.165) is 17.8 Å². The molecule has 0 aliphatic carbocycles. The molecule has 0 aliphatic heterocycles.